The van der Waals surface area contributed by atoms with Crippen LogP contribution in [0, 0.1) is 6.92 Å². The zero-order valence-electron chi connectivity index (χ0n) is 14.8. The maximum atomic E-state index is 6.24. The summed E-state index contributed by atoms with van der Waals surface area (Å²) in [6, 6.07) is 4.07. The van der Waals surface area contributed by atoms with Crippen LogP contribution in [0.5, 0.6) is 0 Å². The van der Waals surface area contributed by atoms with E-state index in [2.05, 4.69) is 15.1 Å². The fraction of sp³-hybridized carbons (Fsp3) is 0.474. The number of aromatic nitrogens is 3. The fourth-order valence-electron chi connectivity index (χ4n) is 4.08. The highest BCUT2D eigenvalue weighted by Crippen LogP contribution is 2.40. The van der Waals surface area contributed by atoms with Crippen LogP contribution in [0.15, 0.2) is 28.1 Å². The molecule has 1 spiro atoms. The molecule has 26 heavy (non-hydrogen) atoms. The molecule has 0 aliphatic carbocycles. The highest BCUT2D eigenvalue weighted by atomic mass is 32.1. The van der Waals surface area contributed by atoms with E-state index >= 15 is 0 Å². The van der Waals surface area contributed by atoms with Crippen LogP contribution < -0.4 is 0 Å². The summed E-state index contributed by atoms with van der Waals surface area (Å²) in [5.41, 5.74) is 3.37. The molecule has 2 aliphatic rings. The highest BCUT2D eigenvalue weighted by molar-refractivity contribution is 7.13. The van der Waals surface area contributed by atoms with Crippen molar-refractivity contribution in [2.24, 2.45) is 0 Å². The first kappa shape index (κ1) is 16.2. The third-order valence-corrected chi connectivity index (χ3v) is 6.44. The fourth-order valence-corrected chi connectivity index (χ4v) is 4.73. The first-order valence-corrected chi connectivity index (χ1v) is 10.0. The molecular formula is C19H22N4O2S. The van der Waals surface area contributed by atoms with Crippen LogP contribution in [-0.4, -0.2) is 39.8 Å². The Labute approximate surface area is 156 Å². The molecule has 0 radical (unpaired) electrons. The van der Waals surface area contributed by atoms with Crippen LogP contribution >= 0.6 is 11.3 Å². The van der Waals surface area contributed by atoms with Gasteiger partial charge in [-0.15, -0.1) is 11.3 Å². The van der Waals surface area contributed by atoms with Gasteiger partial charge in [-0.2, -0.15) is 5.10 Å². The summed E-state index contributed by atoms with van der Waals surface area (Å²) in [4.78, 5) is 8.26. The Bertz CT molecular complexity index is 891. The Hall–Kier alpha value is -1.96. The van der Waals surface area contributed by atoms with Gasteiger partial charge in [-0.3, -0.25) is 10.00 Å². The number of oxazole rings is 1. The molecule has 3 aromatic heterocycles. The second-order valence-corrected chi connectivity index (χ2v) is 8.09. The van der Waals surface area contributed by atoms with E-state index in [0.717, 1.165) is 67.7 Å². The minimum Gasteiger partial charge on any atom is -0.440 e. The summed E-state index contributed by atoms with van der Waals surface area (Å²) in [6.07, 6.45) is 4.88. The molecule has 1 saturated heterocycles. The SMILES string of the molecule is Cc1oc(-c2cccs2)nc1CN1CCC2(CC1)OCCc1cn[nH]c12. The number of nitrogens with one attached hydrogen (secondary N) is 1. The van der Waals surface area contributed by atoms with Crippen molar-refractivity contribution in [3.63, 3.8) is 0 Å². The van der Waals surface area contributed by atoms with Gasteiger partial charge in [0.1, 0.15) is 11.4 Å². The van der Waals surface area contributed by atoms with E-state index in [1.54, 1.807) is 11.3 Å². The Balaban J connectivity index is 1.29. The van der Waals surface area contributed by atoms with Gasteiger partial charge in [0, 0.05) is 19.6 Å². The lowest BCUT2D eigenvalue weighted by Crippen LogP contribution is -2.46. The van der Waals surface area contributed by atoms with Crippen LogP contribution in [0.3, 0.4) is 0 Å². The average molecular weight is 370 g/mol. The summed E-state index contributed by atoms with van der Waals surface area (Å²) in [6.45, 7) is 5.59. The summed E-state index contributed by atoms with van der Waals surface area (Å²) in [5.74, 6) is 1.65. The lowest BCUT2D eigenvalue weighted by molar-refractivity contribution is -0.102. The van der Waals surface area contributed by atoms with Crippen molar-refractivity contribution >= 4 is 11.3 Å². The van der Waals surface area contributed by atoms with Gasteiger partial charge in [-0.1, -0.05) is 6.07 Å². The van der Waals surface area contributed by atoms with E-state index in [4.69, 9.17) is 14.1 Å². The molecular weight excluding hydrogens is 348 g/mol. The van der Waals surface area contributed by atoms with Gasteiger partial charge in [0.25, 0.3) is 0 Å². The Morgan fingerprint density at radius 1 is 1.35 bits per heavy atom. The predicted octanol–water partition coefficient (Wildman–Crippen LogP) is 3.50. The second-order valence-electron chi connectivity index (χ2n) is 7.14. The summed E-state index contributed by atoms with van der Waals surface area (Å²) in [7, 11) is 0. The number of likely N-dealkylation sites (tertiary alicyclic amines) is 1. The molecule has 0 unspecified atom stereocenters. The Morgan fingerprint density at radius 2 is 2.23 bits per heavy atom. The number of H-pyrrole nitrogens is 1. The molecule has 5 heterocycles. The average Bonchev–Trinajstić information content (AvgIpc) is 3.39. The number of aromatic amines is 1. The van der Waals surface area contributed by atoms with Crippen molar-refractivity contribution in [2.75, 3.05) is 19.7 Å². The van der Waals surface area contributed by atoms with Gasteiger partial charge in [0.2, 0.25) is 5.89 Å². The number of fused-ring (bicyclic) bond motifs is 2. The lowest BCUT2D eigenvalue weighted by atomic mass is 9.84. The van der Waals surface area contributed by atoms with Crippen LogP contribution in [0.4, 0.5) is 0 Å². The number of ether oxygens (including phenoxy) is 1. The van der Waals surface area contributed by atoms with Crippen LogP contribution in [0.2, 0.25) is 0 Å². The summed E-state index contributed by atoms with van der Waals surface area (Å²) < 4.78 is 12.1. The molecule has 0 aromatic carbocycles. The number of rotatable bonds is 3. The quantitative estimate of drug-likeness (QED) is 0.764. The van der Waals surface area contributed by atoms with Crippen LogP contribution in [-0.2, 0) is 23.3 Å². The predicted molar refractivity (Wildman–Crippen MR) is 99.0 cm³/mol. The second kappa shape index (κ2) is 6.33. The van der Waals surface area contributed by atoms with Crippen molar-refractivity contribution in [3.8, 4) is 10.8 Å². The molecule has 1 N–H and O–H groups in total. The standard InChI is InChI=1S/C19H22N4O2S/c1-13-15(21-18(25-13)16-3-2-10-26-16)12-23-7-5-19(6-8-23)17-14(4-9-24-19)11-20-22-17/h2-3,10-11H,4-9,12H2,1H3,(H,20,22). The first-order chi connectivity index (χ1) is 12.7. The number of hydrogen-bond donors (Lipinski definition) is 1. The number of thiophene rings is 1. The van der Waals surface area contributed by atoms with Gasteiger partial charge >= 0.3 is 0 Å². The zero-order valence-corrected chi connectivity index (χ0v) is 15.6. The molecule has 136 valence electrons. The summed E-state index contributed by atoms with van der Waals surface area (Å²) in [5, 5.41) is 9.48. The molecule has 1 fully saturated rings. The third-order valence-electron chi connectivity index (χ3n) is 5.58. The van der Waals surface area contributed by atoms with E-state index in [1.807, 2.05) is 30.6 Å². The van der Waals surface area contributed by atoms with E-state index in [-0.39, 0.29) is 5.60 Å². The molecule has 5 rings (SSSR count). The van der Waals surface area contributed by atoms with Crippen LogP contribution in [0.25, 0.3) is 10.8 Å². The Morgan fingerprint density at radius 3 is 3.04 bits per heavy atom. The monoisotopic (exact) mass is 370 g/mol. The molecule has 0 amide bonds. The molecule has 0 bridgehead atoms. The van der Waals surface area contributed by atoms with Crippen molar-refractivity contribution < 1.29 is 9.15 Å². The van der Waals surface area contributed by atoms with E-state index in [0.29, 0.717) is 0 Å². The smallest absolute Gasteiger partial charge is 0.236 e. The molecule has 2 aliphatic heterocycles. The minimum atomic E-state index is -0.179. The van der Waals surface area contributed by atoms with E-state index in [1.165, 1.54) is 11.3 Å². The van der Waals surface area contributed by atoms with Gasteiger partial charge in [-0.25, -0.2) is 4.98 Å². The van der Waals surface area contributed by atoms with Crippen molar-refractivity contribution in [2.45, 2.75) is 38.3 Å². The number of piperidine rings is 1. The van der Waals surface area contributed by atoms with E-state index in [9.17, 15) is 0 Å². The lowest BCUT2D eigenvalue weighted by Gasteiger charge is -2.43. The maximum absolute atomic E-state index is 6.24. The van der Waals surface area contributed by atoms with Gasteiger partial charge < -0.3 is 9.15 Å². The molecule has 0 atom stereocenters. The number of aryl methyl sites for hydroxylation is 1. The van der Waals surface area contributed by atoms with E-state index < -0.39 is 0 Å². The molecule has 3 aromatic rings. The number of nitrogens with zero attached hydrogens (tertiary/aromatic N) is 3. The van der Waals surface area contributed by atoms with Gasteiger partial charge in [0.15, 0.2) is 0 Å². The largest absolute Gasteiger partial charge is 0.440 e. The zero-order chi connectivity index (χ0) is 17.6. The highest BCUT2D eigenvalue weighted by Gasteiger charge is 2.42. The van der Waals surface area contributed by atoms with Gasteiger partial charge in [-0.05, 0) is 43.2 Å². The molecule has 0 saturated carbocycles. The first-order valence-electron chi connectivity index (χ1n) is 9.13. The Kier molecular flexibility index (Phi) is 3.95. The van der Waals surface area contributed by atoms with Crippen LogP contribution in [0.1, 0.15) is 35.6 Å². The normalized spacial score (nSPS) is 19.7. The number of hydrogen-bond acceptors (Lipinski definition) is 6. The van der Waals surface area contributed by atoms with Crippen molar-refractivity contribution in [1.82, 2.24) is 20.1 Å². The topological polar surface area (TPSA) is 67.2 Å². The molecule has 7 heteroatoms. The van der Waals surface area contributed by atoms with Gasteiger partial charge in [0.05, 0.1) is 29.1 Å². The maximum Gasteiger partial charge on any atom is 0.236 e. The van der Waals surface area contributed by atoms with Crippen molar-refractivity contribution in [3.05, 3.63) is 46.4 Å². The van der Waals surface area contributed by atoms with Crippen molar-refractivity contribution in [1.29, 1.82) is 0 Å². The minimum absolute atomic E-state index is 0.179. The third kappa shape index (κ3) is 2.71. The summed E-state index contributed by atoms with van der Waals surface area (Å²) >= 11 is 1.66. The molecule has 6 nitrogen and oxygen atoms in total.